The van der Waals surface area contributed by atoms with Crippen molar-refractivity contribution < 1.29 is 13.9 Å². The van der Waals surface area contributed by atoms with E-state index in [1.807, 2.05) is 6.20 Å². The number of nitrogens with zero attached hydrogens (tertiary/aromatic N) is 2. The van der Waals surface area contributed by atoms with Gasteiger partial charge in [-0.1, -0.05) is 6.92 Å². The van der Waals surface area contributed by atoms with Gasteiger partial charge >= 0.3 is 0 Å². The molecule has 146 valence electrons. The van der Waals surface area contributed by atoms with Crippen LogP contribution in [0.4, 0.5) is 4.39 Å². The lowest BCUT2D eigenvalue weighted by molar-refractivity contribution is -0.0172. The highest BCUT2D eigenvalue weighted by atomic mass is 32.1. The molecular formula is C19H25FN4O2S. The van der Waals surface area contributed by atoms with Gasteiger partial charge in [0.2, 0.25) is 0 Å². The largest absolute Gasteiger partial charge is 0.467 e. The molecule has 0 saturated heterocycles. The first-order chi connectivity index (χ1) is 13.2. The maximum Gasteiger partial charge on any atom is 0.191 e. The van der Waals surface area contributed by atoms with Crippen molar-refractivity contribution in [3.05, 3.63) is 45.2 Å². The summed E-state index contributed by atoms with van der Waals surface area (Å²) < 4.78 is 24.6. The van der Waals surface area contributed by atoms with Crippen molar-refractivity contribution in [1.29, 1.82) is 0 Å². The fraction of sp³-hybridized carbons (Fsp3) is 0.474. The third-order valence-electron chi connectivity index (χ3n) is 4.24. The summed E-state index contributed by atoms with van der Waals surface area (Å²) in [5.74, 6) is 1.19. The second-order valence-electron chi connectivity index (χ2n) is 6.16. The molecule has 1 aromatic carbocycles. The highest BCUT2D eigenvalue weighted by Crippen LogP contribution is 2.29. The first-order valence-electron chi connectivity index (χ1n) is 9.09. The monoisotopic (exact) mass is 392 g/mol. The van der Waals surface area contributed by atoms with Crippen LogP contribution in [-0.4, -0.2) is 37.9 Å². The summed E-state index contributed by atoms with van der Waals surface area (Å²) in [6, 6.07) is 2.99. The number of thiazole rings is 1. The smallest absolute Gasteiger partial charge is 0.191 e. The fourth-order valence-electron chi connectivity index (χ4n) is 2.89. The third-order valence-corrected chi connectivity index (χ3v) is 5.44. The Kier molecular flexibility index (Phi) is 7.00. The van der Waals surface area contributed by atoms with Crippen molar-refractivity contribution in [2.24, 2.45) is 4.99 Å². The van der Waals surface area contributed by atoms with E-state index in [9.17, 15) is 4.39 Å². The summed E-state index contributed by atoms with van der Waals surface area (Å²) in [5.41, 5.74) is 1.60. The van der Waals surface area contributed by atoms with Crippen molar-refractivity contribution in [2.45, 2.75) is 32.8 Å². The van der Waals surface area contributed by atoms with Crippen LogP contribution in [0.2, 0.25) is 0 Å². The second kappa shape index (κ2) is 9.66. The van der Waals surface area contributed by atoms with E-state index in [1.165, 1.54) is 17.0 Å². The van der Waals surface area contributed by atoms with Crippen molar-refractivity contribution in [3.8, 4) is 5.75 Å². The van der Waals surface area contributed by atoms with Crippen LogP contribution in [0.15, 0.2) is 23.3 Å². The predicted molar refractivity (Wildman–Crippen MR) is 105 cm³/mol. The van der Waals surface area contributed by atoms with E-state index in [4.69, 9.17) is 9.47 Å². The Balaban J connectivity index is 1.46. The highest BCUT2D eigenvalue weighted by molar-refractivity contribution is 7.11. The molecule has 0 aliphatic carbocycles. The molecule has 0 fully saturated rings. The van der Waals surface area contributed by atoms with Gasteiger partial charge in [0.05, 0.1) is 11.6 Å². The van der Waals surface area contributed by atoms with Crippen LogP contribution >= 0.6 is 11.3 Å². The van der Waals surface area contributed by atoms with Gasteiger partial charge in [-0.05, 0) is 30.5 Å². The number of hydrogen-bond donors (Lipinski definition) is 2. The van der Waals surface area contributed by atoms with Gasteiger partial charge in [-0.25, -0.2) is 9.37 Å². The maximum atomic E-state index is 13.8. The van der Waals surface area contributed by atoms with Crippen LogP contribution in [0.3, 0.4) is 0 Å². The average Bonchev–Trinajstić information content (AvgIpc) is 3.14. The summed E-state index contributed by atoms with van der Waals surface area (Å²) in [5, 5.41) is 7.67. The zero-order valence-corrected chi connectivity index (χ0v) is 16.5. The van der Waals surface area contributed by atoms with E-state index >= 15 is 0 Å². The number of nitrogens with one attached hydrogen (secondary N) is 2. The Hall–Kier alpha value is -2.19. The van der Waals surface area contributed by atoms with Crippen LogP contribution < -0.4 is 15.4 Å². The number of guanidine groups is 1. The Morgan fingerprint density at radius 3 is 2.85 bits per heavy atom. The molecular weight excluding hydrogens is 367 g/mol. The number of hydrogen-bond acceptors (Lipinski definition) is 5. The summed E-state index contributed by atoms with van der Waals surface area (Å²) in [6.07, 6.45) is 4.46. The van der Waals surface area contributed by atoms with Crippen LogP contribution in [0, 0.1) is 5.82 Å². The Morgan fingerprint density at radius 1 is 1.30 bits per heavy atom. The summed E-state index contributed by atoms with van der Waals surface area (Å²) in [7, 11) is 1.73. The number of rotatable bonds is 7. The number of aryl methyl sites for hydroxylation is 1. The molecule has 27 heavy (non-hydrogen) atoms. The first-order valence-corrected chi connectivity index (χ1v) is 9.91. The Morgan fingerprint density at radius 2 is 2.11 bits per heavy atom. The van der Waals surface area contributed by atoms with Gasteiger partial charge in [0.25, 0.3) is 0 Å². The summed E-state index contributed by atoms with van der Waals surface area (Å²) in [4.78, 5) is 9.95. The minimum Gasteiger partial charge on any atom is -0.467 e. The number of halogens is 1. The SMILES string of the molecule is CCc1cnc(CCNC(=NC)NCCc2cc(F)cc3c2OCOC3)s1. The van der Waals surface area contributed by atoms with Crippen LogP contribution in [-0.2, 0) is 30.6 Å². The van der Waals surface area contributed by atoms with E-state index in [0.717, 1.165) is 47.2 Å². The van der Waals surface area contributed by atoms with Crippen LogP contribution in [0.5, 0.6) is 5.75 Å². The number of aromatic nitrogens is 1. The molecule has 3 rings (SSSR count). The number of ether oxygens (including phenoxy) is 2. The van der Waals surface area contributed by atoms with E-state index in [1.54, 1.807) is 18.4 Å². The maximum absolute atomic E-state index is 13.8. The van der Waals surface area contributed by atoms with E-state index in [-0.39, 0.29) is 12.6 Å². The molecule has 0 amide bonds. The lowest BCUT2D eigenvalue weighted by atomic mass is 10.1. The molecule has 0 saturated carbocycles. The zero-order chi connectivity index (χ0) is 19.1. The normalized spacial score (nSPS) is 13.8. The van der Waals surface area contributed by atoms with Gasteiger partial charge in [-0.15, -0.1) is 11.3 Å². The number of aliphatic imine (C=N–C) groups is 1. The summed E-state index contributed by atoms with van der Waals surface area (Å²) in [6.45, 7) is 4.10. The van der Waals surface area contributed by atoms with E-state index in [0.29, 0.717) is 19.6 Å². The molecule has 1 aliphatic heterocycles. The fourth-order valence-corrected chi connectivity index (χ4v) is 3.76. The molecule has 2 heterocycles. The van der Waals surface area contributed by atoms with Crippen molar-refractivity contribution in [1.82, 2.24) is 15.6 Å². The lowest BCUT2D eigenvalue weighted by Crippen LogP contribution is -2.39. The molecule has 0 bridgehead atoms. The lowest BCUT2D eigenvalue weighted by Gasteiger charge is -2.21. The topological polar surface area (TPSA) is 67.8 Å². The van der Waals surface area contributed by atoms with Gasteiger partial charge in [-0.3, -0.25) is 4.99 Å². The second-order valence-corrected chi connectivity index (χ2v) is 7.36. The minimum absolute atomic E-state index is 0.207. The molecule has 0 spiro atoms. The number of benzene rings is 1. The molecule has 6 nitrogen and oxygen atoms in total. The van der Waals surface area contributed by atoms with Crippen molar-refractivity contribution in [2.75, 3.05) is 26.9 Å². The van der Waals surface area contributed by atoms with Gasteiger partial charge in [0.1, 0.15) is 11.6 Å². The summed E-state index contributed by atoms with van der Waals surface area (Å²) >= 11 is 1.75. The van der Waals surface area contributed by atoms with Gasteiger partial charge in [-0.2, -0.15) is 0 Å². The molecule has 8 heteroatoms. The van der Waals surface area contributed by atoms with E-state index < -0.39 is 0 Å². The molecule has 1 aromatic heterocycles. The molecule has 0 unspecified atom stereocenters. The zero-order valence-electron chi connectivity index (χ0n) is 15.7. The molecule has 2 aromatic rings. The van der Waals surface area contributed by atoms with Crippen molar-refractivity contribution in [3.63, 3.8) is 0 Å². The third kappa shape index (κ3) is 5.40. The quantitative estimate of drug-likeness (QED) is 0.560. The Labute approximate surface area is 162 Å². The highest BCUT2D eigenvalue weighted by Gasteiger charge is 2.16. The average molecular weight is 393 g/mol. The van der Waals surface area contributed by atoms with Gasteiger partial charge < -0.3 is 20.1 Å². The molecule has 0 atom stereocenters. The van der Waals surface area contributed by atoms with Gasteiger partial charge in [0.15, 0.2) is 12.8 Å². The van der Waals surface area contributed by atoms with Crippen LogP contribution in [0.25, 0.3) is 0 Å². The standard InChI is InChI=1S/C19H25FN4O2S/c1-3-16-10-24-17(27-16)5-7-23-19(21-2)22-6-4-13-8-15(20)9-14-11-25-12-26-18(13)14/h8-10H,3-7,11-12H2,1-2H3,(H2,21,22,23). The van der Waals surface area contributed by atoms with Crippen molar-refractivity contribution >= 4 is 17.3 Å². The van der Waals surface area contributed by atoms with Gasteiger partial charge in [0, 0.05) is 43.2 Å². The minimum atomic E-state index is -0.268. The van der Waals surface area contributed by atoms with E-state index in [2.05, 4.69) is 27.5 Å². The molecule has 2 N–H and O–H groups in total. The number of fused-ring (bicyclic) bond motifs is 1. The van der Waals surface area contributed by atoms with Crippen LogP contribution in [0.1, 0.15) is 27.9 Å². The first kappa shape index (κ1) is 19.6. The molecule has 0 radical (unpaired) electrons. The Bertz CT molecular complexity index is 794. The predicted octanol–water partition coefficient (Wildman–Crippen LogP) is 2.66. The molecule has 1 aliphatic rings.